The maximum Gasteiger partial charge on any atom is 0.408 e. The van der Waals surface area contributed by atoms with Gasteiger partial charge in [0, 0.05) is 11.1 Å². The van der Waals surface area contributed by atoms with Crippen molar-refractivity contribution in [3.63, 3.8) is 0 Å². The van der Waals surface area contributed by atoms with Gasteiger partial charge in [-0.2, -0.15) is 0 Å². The van der Waals surface area contributed by atoms with E-state index in [-0.39, 0.29) is 6.42 Å². The Bertz CT molecular complexity index is 687. The Balaban J connectivity index is 2.12. The third-order valence-corrected chi connectivity index (χ3v) is 3.99. The van der Waals surface area contributed by atoms with Crippen LogP contribution in [0.15, 0.2) is 29.6 Å². The number of fused-ring (bicyclic) bond motifs is 1. The second kappa shape index (κ2) is 6.36. The number of carbonyl (C=O) groups is 2. The second-order valence-corrected chi connectivity index (χ2v) is 6.91. The minimum Gasteiger partial charge on any atom is -0.480 e. The molecule has 0 radical (unpaired) electrons. The zero-order chi connectivity index (χ0) is 16.3. The first-order valence-corrected chi connectivity index (χ1v) is 7.81. The van der Waals surface area contributed by atoms with Crippen LogP contribution in [0.4, 0.5) is 4.79 Å². The summed E-state index contributed by atoms with van der Waals surface area (Å²) >= 11 is 1.56. The number of carboxylic acid groups (broad SMARTS) is 1. The predicted octanol–water partition coefficient (Wildman–Crippen LogP) is 3.42. The number of carboxylic acids is 1. The molecule has 1 atom stereocenters. The lowest BCUT2D eigenvalue weighted by molar-refractivity contribution is -0.139. The van der Waals surface area contributed by atoms with Gasteiger partial charge in [0.05, 0.1) is 0 Å². The van der Waals surface area contributed by atoms with Gasteiger partial charge in [-0.3, -0.25) is 0 Å². The van der Waals surface area contributed by atoms with Crippen LogP contribution >= 0.6 is 11.3 Å². The van der Waals surface area contributed by atoms with Crippen LogP contribution in [0.25, 0.3) is 10.1 Å². The van der Waals surface area contributed by atoms with Gasteiger partial charge in [-0.15, -0.1) is 11.3 Å². The quantitative estimate of drug-likeness (QED) is 0.904. The molecule has 1 amide bonds. The molecule has 0 saturated carbocycles. The van der Waals surface area contributed by atoms with Gasteiger partial charge < -0.3 is 15.2 Å². The lowest BCUT2D eigenvalue weighted by Crippen LogP contribution is -2.44. The van der Waals surface area contributed by atoms with E-state index in [0.29, 0.717) is 0 Å². The van der Waals surface area contributed by atoms with Gasteiger partial charge in [-0.05, 0) is 43.2 Å². The van der Waals surface area contributed by atoms with Gasteiger partial charge in [0.1, 0.15) is 11.6 Å². The van der Waals surface area contributed by atoms with Gasteiger partial charge in [-0.1, -0.05) is 18.2 Å². The van der Waals surface area contributed by atoms with E-state index in [1.165, 1.54) is 0 Å². The predicted molar refractivity (Wildman–Crippen MR) is 86.3 cm³/mol. The normalized spacial score (nSPS) is 12.9. The molecule has 2 rings (SSSR count). The van der Waals surface area contributed by atoms with Crippen molar-refractivity contribution in [1.82, 2.24) is 5.32 Å². The number of thiophene rings is 1. The summed E-state index contributed by atoms with van der Waals surface area (Å²) in [5.74, 6) is -1.08. The number of hydrogen-bond donors (Lipinski definition) is 2. The Kier molecular flexibility index (Phi) is 4.71. The molecule has 0 aliphatic carbocycles. The summed E-state index contributed by atoms with van der Waals surface area (Å²) < 4.78 is 6.21. The third-order valence-electron chi connectivity index (χ3n) is 2.97. The minimum atomic E-state index is -1.08. The smallest absolute Gasteiger partial charge is 0.408 e. The number of benzene rings is 1. The molecular weight excluding hydrogens is 302 g/mol. The fourth-order valence-corrected chi connectivity index (χ4v) is 3.04. The molecule has 0 spiro atoms. The largest absolute Gasteiger partial charge is 0.480 e. The SMILES string of the molecule is CC(C)(C)OC(=O)NC(Cc1csc2ccccc12)C(=O)O. The molecule has 0 aliphatic rings. The average Bonchev–Trinajstić information content (AvgIpc) is 2.79. The summed E-state index contributed by atoms with van der Waals surface area (Å²) in [7, 11) is 0. The lowest BCUT2D eigenvalue weighted by atomic mass is 10.1. The maximum atomic E-state index is 11.8. The molecule has 1 unspecified atom stereocenters. The number of hydrogen-bond acceptors (Lipinski definition) is 4. The first-order valence-electron chi connectivity index (χ1n) is 6.94. The number of alkyl carbamates (subject to hydrolysis) is 1. The van der Waals surface area contributed by atoms with Gasteiger partial charge in [0.15, 0.2) is 0 Å². The van der Waals surface area contributed by atoms with E-state index in [9.17, 15) is 14.7 Å². The van der Waals surface area contributed by atoms with E-state index in [2.05, 4.69) is 5.32 Å². The molecule has 1 heterocycles. The highest BCUT2D eigenvalue weighted by Crippen LogP contribution is 2.26. The molecule has 0 saturated heterocycles. The lowest BCUT2D eigenvalue weighted by Gasteiger charge is -2.22. The minimum absolute atomic E-state index is 0.221. The standard InChI is InChI=1S/C16H19NO4S/c1-16(2,3)21-15(20)17-12(14(18)19)8-10-9-22-13-7-5-4-6-11(10)13/h4-7,9,12H,8H2,1-3H3,(H,17,20)(H,18,19). The molecular formula is C16H19NO4S. The highest BCUT2D eigenvalue weighted by molar-refractivity contribution is 7.17. The van der Waals surface area contributed by atoms with Gasteiger partial charge in [0.25, 0.3) is 0 Å². The van der Waals surface area contributed by atoms with Crippen LogP contribution < -0.4 is 5.32 Å². The highest BCUT2D eigenvalue weighted by Gasteiger charge is 2.25. The summed E-state index contributed by atoms with van der Waals surface area (Å²) in [6.45, 7) is 5.19. The molecule has 118 valence electrons. The molecule has 0 bridgehead atoms. The zero-order valence-corrected chi connectivity index (χ0v) is 13.6. The molecule has 0 aliphatic heterocycles. The van der Waals surface area contributed by atoms with Crippen LogP contribution in [0, 0.1) is 0 Å². The van der Waals surface area contributed by atoms with Crippen molar-refractivity contribution >= 4 is 33.5 Å². The van der Waals surface area contributed by atoms with Crippen molar-refractivity contribution < 1.29 is 19.4 Å². The molecule has 0 fully saturated rings. The molecule has 2 aromatic rings. The van der Waals surface area contributed by atoms with Crippen LogP contribution in [0.1, 0.15) is 26.3 Å². The van der Waals surface area contributed by atoms with Crippen molar-refractivity contribution in [2.75, 3.05) is 0 Å². The number of nitrogens with one attached hydrogen (secondary N) is 1. The molecule has 1 aromatic heterocycles. The van der Waals surface area contributed by atoms with E-state index < -0.39 is 23.7 Å². The Morgan fingerprint density at radius 3 is 2.64 bits per heavy atom. The van der Waals surface area contributed by atoms with E-state index in [0.717, 1.165) is 15.6 Å². The van der Waals surface area contributed by atoms with Crippen molar-refractivity contribution in [2.45, 2.75) is 38.8 Å². The van der Waals surface area contributed by atoms with Crippen LogP contribution in [-0.2, 0) is 16.0 Å². The number of carbonyl (C=O) groups excluding carboxylic acids is 1. The van der Waals surface area contributed by atoms with Crippen molar-refractivity contribution in [3.05, 3.63) is 35.2 Å². The van der Waals surface area contributed by atoms with Crippen LogP contribution in [-0.4, -0.2) is 28.8 Å². The van der Waals surface area contributed by atoms with Crippen LogP contribution in [0.5, 0.6) is 0 Å². The molecule has 22 heavy (non-hydrogen) atoms. The highest BCUT2D eigenvalue weighted by atomic mass is 32.1. The fraction of sp³-hybridized carbons (Fsp3) is 0.375. The van der Waals surface area contributed by atoms with Crippen LogP contribution in [0.3, 0.4) is 0 Å². The van der Waals surface area contributed by atoms with Gasteiger partial charge in [-0.25, -0.2) is 9.59 Å². The van der Waals surface area contributed by atoms with E-state index in [1.54, 1.807) is 32.1 Å². The summed E-state index contributed by atoms with van der Waals surface area (Å²) in [6, 6.07) is 6.77. The van der Waals surface area contributed by atoms with Crippen LogP contribution in [0.2, 0.25) is 0 Å². The van der Waals surface area contributed by atoms with Gasteiger partial charge in [0.2, 0.25) is 0 Å². The number of amides is 1. The van der Waals surface area contributed by atoms with E-state index in [4.69, 9.17) is 4.74 Å². The fourth-order valence-electron chi connectivity index (χ4n) is 2.06. The first-order chi connectivity index (χ1) is 10.3. The Morgan fingerprint density at radius 1 is 1.32 bits per heavy atom. The van der Waals surface area contributed by atoms with E-state index >= 15 is 0 Å². The second-order valence-electron chi connectivity index (χ2n) is 6.00. The number of ether oxygens (including phenoxy) is 1. The van der Waals surface area contributed by atoms with Crippen molar-refractivity contribution in [3.8, 4) is 0 Å². The summed E-state index contributed by atoms with van der Waals surface area (Å²) in [5, 5.41) is 14.7. The average molecular weight is 321 g/mol. The topological polar surface area (TPSA) is 75.6 Å². The summed E-state index contributed by atoms with van der Waals surface area (Å²) in [4.78, 5) is 23.2. The van der Waals surface area contributed by atoms with Gasteiger partial charge >= 0.3 is 12.1 Å². The van der Waals surface area contributed by atoms with Crippen molar-refractivity contribution in [2.24, 2.45) is 0 Å². The first kappa shape index (κ1) is 16.3. The molecule has 1 aromatic carbocycles. The number of aliphatic carboxylic acids is 1. The zero-order valence-electron chi connectivity index (χ0n) is 12.8. The van der Waals surface area contributed by atoms with E-state index in [1.807, 2.05) is 29.6 Å². The number of rotatable bonds is 4. The third kappa shape index (κ3) is 4.21. The maximum absolute atomic E-state index is 11.8. The molecule has 2 N–H and O–H groups in total. The summed E-state index contributed by atoms with van der Waals surface area (Å²) in [6.07, 6.45) is -0.502. The molecule has 5 nitrogen and oxygen atoms in total. The molecule has 6 heteroatoms. The summed E-state index contributed by atoms with van der Waals surface area (Å²) in [5.41, 5.74) is 0.242. The Hall–Kier alpha value is -2.08. The Labute approximate surface area is 132 Å². The Morgan fingerprint density at radius 2 is 2.00 bits per heavy atom. The monoisotopic (exact) mass is 321 g/mol. The van der Waals surface area contributed by atoms with Crippen molar-refractivity contribution in [1.29, 1.82) is 0 Å².